The summed E-state index contributed by atoms with van der Waals surface area (Å²) in [5.74, 6) is 0. The van der Waals surface area contributed by atoms with Gasteiger partial charge in [-0.25, -0.2) is 22.2 Å². The number of rotatable bonds is 5. The number of hydrogen-bond donors (Lipinski definition) is 1. The van der Waals surface area contributed by atoms with Crippen molar-refractivity contribution < 1.29 is 22.7 Å². The Morgan fingerprint density at radius 1 is 1.44 bits per heavy atom. The SMILES string of the molecule is CN(Cc1cc(-c2cccnc2C#N)n(S(=O)(=O)c2ccoc2)c1)C(=O)O. The Morgan fingerprint density at radius 2 is 2.22 bits per heavy atom. The third kappa shape index (κ3) is 3.40. The maximum atomic E-state index is 13.0. The Bertz CT molecular complexity index is 1130. The van der Waals surface area contributed by atoms with Crippen molar-refractivity contribution >= 4 is 16.1 Å². The van der Waals surface area contributed by atoms with E-state index in [4.69, 9.17) is 9.52 Å². The number of carbonyl (C=O) groups is 1. The Morgan fingerprint density at radius 3 is 2.85 bits per heavy atom. The number of hydrogen-bond acceptors (Lipinski definition) is 6. The van der Waals surface area contributed by atoms with Gasteiger partial charge in [-0.3, -0.25) is 0 Å². The van der Waals surface area contributed by atoms with Gasteiger partial charge in [-0.15, -0.1) is 0 Å². The minimum Gasteiger partial charge on any atom is -0.471 e. The van der Waals surface area contributed by atoms with E-state index in [2.05, 4.69) is 4.98 Å². The average Bonchev–Trinajstić information content (AvgIpc) is 3.32. The van der Waals surface area contributed by atoms with Gasteiger partial charge < -0.3 is 14.4 Å². The Hall–Kier alpha value is -3.58. The molecule has 0 saturated heterocycles. The topological polar surface area (TPSA) is 129 Å². The van der Waals surface area contributed by atoms with E-state index in [1.165, 1.54) is 37.8 Å². The van der Waals surface area contributed by atoms with Gasteiger partial charge in [-0.2, -0.15) is 5.26 Å². The molecule has 1 amide bonds. The molecule has 27 heavy (non-hydrogen) atoms. The number of pyridine rings is 1. The van der Waals surface area contributed by atoms with Crippen molar-refractivity contribution in [1.82, 2.24) is 13.9 Å². The summed E-state index contributed by atoms with van der Waals surface area (Å²) < 4.78 is 31.9. The van der Waals surface area contributed by atoms with E-state index in [-0.39, 0.29) is 22.8 Å². The summed E-state index contributed by atoms with van der Waals surface area (Å²) in [6.07, 6.45) is 3.93. The smallest absolute Gasteiger partial charge is 0.407 e. The van der Waals surface area contributed by atoms with Gasteiger partial charge in [0.05, 0.1) is 18.5 Å². The van der Waals surface area contributed by atoms with Crippen LogP contribution in [-0.4, -0.2) is 40.5 Å². The van der Waals surface area contributed by atoms with Crippen LogP contribution in [0.3, 0.4) is 0 Å². The summed E-state index contributed by atoms with van der Waals surface area (Å²) in [6, 6.07) is 7.92. The highest BCUT2D eigenvalue weighted by Crippen LogP contribution is 2.29. The summed E-state index contributed by atoms with van der Waals surface area (Å²) in [5.41, 5.74) is 1.01. The molecule has 0 radical (unpaired) electrons. The maximum Gasteiger partial charge on any atom is 0.407 e. The quantitative estimate of drug-likeness (QED) is 0.712. The van der Waals surface area contributed by atoms with E-state index >= 15 is 0 Å². The zero-order valence-electron chi connectivity index (χ0n) is 14.1. The number of carboxylic acid groups (broad SMARTS) is 1. The molecule has 0 spiro atoms. The van der Waals surface area contributed by atoms with Gasteiger partial charge in [-0.05, 0) is 29.8 Å². The lowest BCUT2D eigenvalue weighted by Crippen LogP contribution is -2.23. The molecule has 0 aliphatic rings. The standard InChI is InChI=1S/C17H14N4O5S/c1-20(17(22)23)9-12-7-16(14-3-2-5-19-15(14)8-18)21(10-12)27(24,25)13-4-6-26-11-13/h2-7,10-11H,9H2,1H3,(H,22,23). The van der Waals surface area contributed by atoms with E-state index in [1.807, 2.05) is 6.07 Å². The van der Waals surface area contributed by atoms with Crippen LogP contribution in [0.25, 0.3) is 11.3 Å². The predicted octanol–water partition coefficient (Wildman–Crippen LogP) is 2.36. The van der Waals surface area contributed by atoms with Crippen molar-refractivity contribution in [1.29, 1.82) is 5.26 Å². The highest BCUT2D eigenvalue weighted by Gasteiger charge is 2.25. The molecule has 3 rings (SSSR count). The highest BCUT2D eigenvalue weighted by molar-refractivity contribution is 7.90. The molecule has 9 nitrogen and oxygen atoms in total. The second-order valence-electron chi connectivity index (χ2n) is 5.64. The van der Waals surface area contributed by atoms with Gasteiger partial charge in [0.1, 0.15) is 22.9 Å². The van der Waals surface area contributed by atoms with E-state index in [0.29, 0.717) is 11.1 Å². The summed E-state index contributed by atoms with van der Waals surface area (Å²) in [4.78, 5) is 16.0. The van der Waals surface area contributed by atoms with E-state index in [0.717, 1.165) is 15.1 Å². The van der Waals surface area contributed by atoms with Gasteiger partial charge >= 0.3 is 6.09 Å². The van der Waals surface area contributed by atoms with Crippen LogP contribution in [-0.2, 0) is 16.6 Å². The van der Waals surface area contributed by atoms with Gasteiger partial charge in [0.15, 0.2) is 0 Å². The van der Waals surface area contributed by atoms with Gasteiger partial charge in [0, 0.05) is 25.0 Å². The predicted molar refractivity (Wildman–Crippen MR) is 93.2 cm³/mol. The molecule has 3 heterocycles. The van der Waals surface area contributed by atoms with Crippen LogP contribution in [0.2, 0.25) is 0 Å². The molecule has 3 aromatic heterocycles. The van der Waals surface area contributed by atoms with Gasteiger partial charge in [0.25, 0.3) is 10.0 Å². The molecule has 138 valence electrons. The average molecular weight is 386 g/mol. The normalized spacial score (nSPS) is 11.1. The first-order valence-electron chi connectivity index (χ1n) is 7.63. The number of aromatic nitrogens is 2. The van der Waals surface area contributed by atoms with Crippen LogP contribution in [0.1, 0.15) is 11.3 Å². The summed E-state index contributed by atoms with van der Waals surface area (Å²) in [7, 11) is -2.65. The molecular weight excluding hydrogens is 372 g/mol. The molecule has 0 saturated carbocycles. The lowest BCUT2D eigenvalue weighted by molar-refractivity contribution is 0.154. The van der Waals surface area contributed by atoms with Crippen LogP contribution < -0.4 is 0 Å². The van der Waals surface area contributed by atoms with Crippen molar-refractivity contribution in [2.45, 2.75) is 11.4 Å². The number of furan rings is 1. The van der Waals surface area contributed by atoms with Crippen molar-refractivity contribution in [3.8, 4) is 17.3 Å². The highest BCUT2D eigenvalue weighted by atomic mass is 32.2. The van der Waals surface area contributed by atoms with Crippen molar-refractivity contribution in [2.24, 2.45) is 0 Å². The largest absolute Gasteiger partial charge is 0.471 e. The molecule has 1 N–H and O–H groups in total. The zero-order valence-corrected chi connectivity index (χ0v) is 14.9. The Labute approximate surface area is 154 Å². The molecule has 10 heteroatoms. The fraction of sp³-hybridized carbons (Fsp3) is 0.118. The second-order valence-corrected chi connectivity index (χ2v) is 7.46. The van der Waals surface area contributed by atoms with Crippen molar-refractivity contribution in [2.75, 3.05) is 7.05 Å². The third-order valence-corrected chi connectivity index (χ3v) is 5.48. The Balaban J connectivity index is 2.21. The van der Waals surface area contributed by atoms with Crippen LogP contribution >= 0.6 is 0 Å². The van der Waals surface area contributed by atoms with Crippen LogP contribution in [0.4, 0.5) is 4.79 Å². The van der Waals surface area contributed by atoms with Crippen LogP contribution in [0.15, 0.2) is 58.5 Å². The van der Waals surface area contributed by atoms with Gasteiger partial charge in [-0.1, -0.05) is 0 Å². The first-order chi connectivity index (χ1) is 12.8. The molecule has 0 unspecified atom stereocenters. The lowest BCUT2D eigenvalue weighted by atomic mass is 10.1. The van der Waals surface area contributed by atoms with Crippen LogP contribution in [0, 0.1) is 11.3 Å². The third-order valence-electron chi connectivity index (χ3n) is 3.83. The van der Waals surface area contributed by atoms with Crippen molar-refractivity contribution in [3.63, 3.8) is 0 Å². The summed E-state index contributed by atoms with van der Waals surface area (Å²) in [5, 5.41) is 18.4. The monoisotopic (exact) mass is 386 g/mol. The Kier molecular flexibility index (Phi) is 4.70. The lowest BCUT2D eigenvalue weighted by Gasteiger charge is -2.10. The van der Waals surface area contributed by atoms with Gasteiger partial charge in [0.2, 0.25) is 0 Å². The maximum absolute atomic E-state index is 13.0. The summed E-state index contributed by atoms with van der Waals surface area (Å²) >= 11 is 0. The molecular formula is C17H14N4O5S. The molecule has 0 aromatic carbocycles. The van der Waals surface area contributed by atoms with E-state index < -0.39 is 16.1 Å². The molecule has 0 aliphatic carbocycles. The molecule has 3 aromatic rings. The minimum atomic E-state index is -4.01. The van der Waals surface area contributed by atoms with E-state index in [9.17, 15) is 18.5 Å². The summed E-state index contributed by atoms with van der Waals surface area (Å²) in [6.45, 7) is -0.0294. The molecule has 0 fully saturated rings. The first kappa shape index (κ1) is 18.2. The molecule has 0 bridgehead atoms. The number of nitriles is 1. The number of amides is 1. The first-order valence-corrected chi connectivity index (χ1v) is 9.07. The number of nitrogens with zero attached hydrogens (tertiary/aromatic N) is 4. The van der Waals surface area contributed by atoms with Crippen LogP contribution in [0.5, 0.6) is 0 Å². The second kappa shape index (κ2) is 6.97. The zero-order chi connectivity index (χ0) is 19.6. The van der Waals surface area contributed by atoms with Crippen molar-refractivity contribution in [3.05, 3.63) is 60.4 Å². The fourth-order valence-corrected chi connectivity index (χ4v) is 3.85. The van der Waals surface area contributed by atoms with E-state index in [1.54, 1.807) is 12.1 Å². The minimum absolute atomic E-state index is 0.0294. The fourth-order valence-electron chi connectivity index (χ4n) is 2.53. The molecule has 0 aliphatic heterocycles. The molecule has 0 atom stereocenters.